The molecule has 1 amide bonds. The monoisotopic (exact) mass is 198 g/mol. The van der Waals surface area contributed by atoms with E-state index in [4.69, 9.17) is 0 Å². The first-order chi connectivity index (χ1) is 6.35. The highest BCUT2D eigenvalue weighted by atomic mass is 16.2. The van der Waals surface area contributed by atoms with Gasteiger partial charge >= 0.3 is 0 Å². The second-order valence-electron chi connectivity index (χ2n) is 5.27. The van der Waals surface area contributed by atoms with Crippen molar-refractivity contribution in [2.24, 2.45) is 16.7 Å². The molecule has 1 aliphatic carbocycles. The maximum Gasteiger partial charge on any atom is 0.224 e. The minimum Gasteiger partial charge on any atom is -0.355 e. The van der Waals surface area contributed by atoms with E-state index in [2.05, 4.69) is 38.3 Å². The van der Waals surface area contributed by atoms with Gasteiger partial charge in [-0.2, -0.15) is 0 Å². The van der Waals surface area contributed by atoms with Gasteiger partial charge in [0, 0.05) is 19.0 Å². The molecular formula is C11H22N2O. The van der Waals surface area contributed by atoms with Crippen molar-refractivity contribution in [3.05, 3.63) is 0 Å². The highest BCUT2D eigenvalue weighted by Gasteiger charge is 2.68. The molecule has 0 atom stereocenters. The molecule has 0 aromatic rings. The molecule has 14 heavy (non-hydrogen) atoms. The lowest BCUT2D eigenvalue weighted by molar-refractivity contribution is -0.123. The van der Waals surface area contributed by atoms with Crippen molar-refractivity contribution < 1.29 is 4.79 Å². The normalized spacial score (nSPS) is 23.2. The molecule has 1 saturated carbocycles. The first kappa shape index (κ1) is 11.5. The standard InChI is InChI=1S/C11H22N2O/c1-10(2)8(11(10,3)4)9(14)13-7-6-12-5/h8,12H,6-7H2,1-5H3,(H,13,14). The summed E-state index contributed by atoms with van der Waals surface area (Å²) in [4.78, 5) is 11.8. The zero-order valence-corrected chi connectivity index (χ0v) is 9.90. The molecule has 3 nitrogen and oxygen atoms in total. The molecule has 1 aliphatic rings. The highest BCUT2D eigenvalue weighted by Crippen LogP contribution is 2.68. The summed E-state index contributed by atoms with van der Waals surface area (Å²) in [5.41, 5.74) is 0.299. The largest absolute Gasteiger partial charge is 0.355 e. The summed E-state index contributed by atoms with van der Waals surface area (Å²) >= 11 is 0. The molecule has 82 valence electrons. The Morgan fingerprint density at radius 2 is 1.64 bits per heavy atom. The zero-order chi connectivity index (χ0) is 11.0. The van der Waals surface area contributed by atoms with Crippen LogP contribution in [0.15, 0.2) is 0 Å². The van der Waals surface area contributed by atoms with Crippen LogP contribution in [0.1, 0.15) is 27.7 Å². The average molecular weight is 198 g/mol. The fraction of sp³-hybridized carbons (Fsp3) is 0.909. The van der Waals surface area contributed by atoms with Gasteiger partial charge in [0.1, 0.15) is 0 Å². The molecule has 0 heterocycles. The van der Waals surface area contributed by atoms with E-state index in [1.54, 1.807) is 0 Å². The van der Waals surface area contributed by atoms with Crippen LogP contribution in [0.5, 0.6) is 0 Å². The molecular weight excluding hydrogens is 176 g/mol. The Morgan fingerprint density at radius 1 is 1.14 bits per heavy atom. The maximum atomic E-state index is 11.8. The molecule has 0 unspecified atom stereocenters. The summed E-state index contributed by atoms with van der Waals surface area (Å²) in [7, 11) is 1.89. The molecule has 0 aromatic heterocycles. The molecule has 0 spiro atoms. The Morgan fingerprint density at radius 3 is 2.00 bits per heavy atom. The van der Waals surface area contributed by atoms with E-state index in [0.717, 1.165) is 13.1 Å². The molecule has 1 rings (SSSR count). The van der Waals surface area contributed by atoms with E-state index in [9.17, 15) is 4.79 Å². The van der Waals surface area contributed by atoms with Gasteiger partial charge in [-0.15, -0.1) is 0 Å². The van der Waals surface area contributed by atoms with Gasteiger partial charge < -0.3 is 10.6 Å². The van der Waals surface area contributed by atoms with Gasteiger partial charge in [0.2, 0.25) is 5.91 Å². The van der Waals surface area contributed by atoms with Crippen molar-refractivity contribution >= 4 is 5.91 Å². The first-order valence-corrected chi connectivity index (χ1v) is 5.28. The van der Waals surface area contributed by atoms with Crippen LogP contribution in [0.2, 0.25) is 0 Å². The van der Waals surface area contributed by atoms with Crippen LogP contribution >= 0.6 is 0 Å². The van der Waals surface area contributed by atoms with Crippen molar-refractivity contribution in [2.75, 3.05) is 20.1 Å². The third-order valence-electron chi connectivity index (χ3n) is 3.96. The van der Waals surface area contributed by atoms with Crippen LogP contribution < -0.4 is 10.6 Å². The van der Waals surface area contributed by atoms with Crippen molar-refractivity contribution in [1.29, 1.82) is 0 Å². The van der Waals surface area contributed by atoms with Gasteiger partial charge in [0.05, 0.1) is 0 Å². The zero-order valence-electron chi connectivity index (χ0n) is 9.90. The number of carbonyl (C=O) groups excluding carboxylic acids is 1. The van der Waals surface area contributed by atoms with E-state index in [-0.39, 0.29) is 22.7 Å². The van der Waals surface area contributed by atoms with Crippen LogP contribution in [-0.4, -0.2) is 26.0 Å². The van der Waals surface area contributed by atoms with Crippen LogP contribution in [-0.2, 0) is 4.79 Å². The Labute approximate surface area is 86.6 Å². The second-order valence-corrected chi connectivity index (χ2v) is 5.27. The van der Waals surface area contributed by atoms with Crippen molar-refractivity contribution in [1.82, 2.24) is 10.6 Å². The predicted octanol–water partition coefficient (Wildman–Crippen LogP) is 1.00. The summed E-state index contributed by atoms with van der Waals surface area (Å²) in [6, 6.07) is 0. The Hall–Kier alpha value is -0.570. The minimum absolute atomic E-state index is 0.150. The minimum atomic E-state index is 0.150. The SMILES string of the molecule is CNCCNC(=O)C1C(C)(C)C1(C)C. The van der Waals surface area contributed by atoms with Crippen molar-refractivity contribution in [3.63, 3.8) is 0 Å². The molecule has 0 aliphatic heterocycles. The summed E-state index contributed by atoms with van der Waals surface area (Å²) in [6.45, 7) is 10.2. The van der Waals surface area contributed by atoms with Gasteiger partial charge in [0.15, 0.2) is 0 Å². The number of carbonyl (C=O) groups is 1. The molecule has 2 N–H and O–H groups in total. The van der Waals surface area contributed by atoms with Gasteiger partial charge in [0.25, 0.3) is 0 Å². The van der Waals surface area contributed by atoms with E-state index in [1.165, 1.54) is 0 Å². The summed E-state index contributed by atoms with van der Waals surface area (Å²) in [5, 5.41) is 5.96. The third-order valence-corrected chi connectivity index (χ3v) is 3.96. The van der Waals surface area contributed by atoms with Crippen molar-refractivity contribution in [2.45, 2.75) is 27.7 Å². The fourth-order valence-corrected chi connectivity index (χ4v) is 2.26. The lowest BCUT2D eigenvalue weighted by atomic mass is 10.0. The molecule has 3 heteroatoms. The third kappa shape index (κ3) is 1.65. The molecule has 1 fully saturated rings. The first-order valence-electron chi connectivity index (χ1n) is 5.28. The topological polar surface area (TPSA) is 41.1 Å². The lowest BCUT2D eigenvalue weighted by Crippen LogP contribution is -2.32. The fourth-order valence-electron chi connectivity index (χ4n) is 2.26. The van der Waals surface area contributed by atoms with E-state index in [0.29, 0.717) is 0 Å². The van der Waals surface area contributed by atoms with E-state index >= 15 is 0 Å². The van der Waals surface area contributed by atoms with Gasteiger partial charge in [-0.25, -0.2) is 0 Å². The maximum absolute atomic E-state index is 11.8. The molecule has 0 aromatic carbocycles. The highest BCUT2D eigenvalue weighted by molar-refractivity contribution is 5.84. The molecule has 0 saturated heterocycles. The number of hydrogen-bond donors (Lipinski definition) is 2. The number of rotatable bonds is 4. The summed E-state index contributed by atoms with van der Waals surface area (Å²) in [5.74, 6) is 0.377. The summed E-state index contributed by atoms with van der Waals surface area (Å²) in [6.07, 6.45) is 0. The second kappa shape index (κ2) is 3.54. The van der Waals surface area contributed by atoms with Crippen LogP contribution in [0.4, 0.5) is 0 Å². The Bertz CT molecular complexity index is 219. The molecule has 0 bridgehead atoms. The predicted molar refractivity (Wildman–Crippen MR) is 58.0 cm³/mol. The van der Waals surface area contributed by atoms with Gasteiger partial charge in [-0.1, -0.05) is 27.7 Å². The summed E-state index contributed by atoms with van der Waals surface area (Å²) < 4.78 is 0. The quantitative estimate of drug-likeness (QED) is 0.662. The van der Waals surface area contributed by atoms with Gasteiger partial charge in [-0.05, 0) is 17.9 Å². The number of likely N-dealkylation sites (N-methyl/N-ethyl adjacent to an activating group) is 1. The van der Waals surface area contributed by atoms with Gasteiger partial charge in [-0.3, -0.25) is 4.79 Å². The van der Waals surface area contributed by atoms with Crippen LogP contribution in [0.3, 0.4) is 0 Å². The Balaban J connectivity index is 2.42. The Kier molecular flexibility index (Phi) is 2.91. The number of amides is 1. The van der Waals surface area contributed by atoms with E-state index < -0.39 is 0 Å². The van der Waals surface area contributed by atoms with Crippen LogP contribution in [0.25, 0.3) is 0 Å². The van der Waals surface area contributed by atoms with Crippen LogP contribution in [0, 0.1) is 16.7 Å². The lowest BCUT2D eigenvalue weighted by Gasteiger charge is -2.05. The van der Waals surface area contributed by atoms with Crippen molar-refractivity contribution in [3.8, 4) is 0 Å². The smallest absolute Gasteiger partial charge is 0.224 e. The van der Waals surface area contributed by atoms with E-state index in [1.807, 2.05) is 7.05 Å². The number of hydrogen-bond acceptors (Lipinski definition) is 2. The average Bonchev–Trinajstić information content (AvgIpc) is 2.43. The number of nitrogens with one attached hydrogen (secondary N) is 2. The molecule has 0 radical (unpaired) electrons.